The first-order chi connectivity index (χ1) is 9.63. The molecule has 1 amide bonds. The van der Waals surface area contributed by atoms with Gasteiger partial charge < -0.3 is 15.0 Å². The molecule has 3 rings (SSSR count). The Morgan fingerprint density at radius 3 is 2.82 bits per heavy atom. The highest BCUT2D eigenvalue weighted by atomic mass is 79.9. The van der Waals surface area contributed by atoms with Gasteiger partial charge in [0, 0.05) is 22.8 Å². The molecular formula is C14H19BrCl2N4O. The van der Waals surface area contributed by atoms with E-state index in [1.165, 1.54) is 0 Å². The number of rotatable bonds is 4. The van der Waals surface area contributed by atoms with Crippen LogP contribution in [0.2, 0.25) is 0 Å². The lowest BCUT2D eigenvalue weighted by Crippen LogP contribution is -2.49. The van der Waals surface area contributed by atoms with E-state index >= 15 is 0 Å². The van der Waals surface area contributed by atoms with Crippen LogP contribution in [0, 0.1) is 11.8 Å². The van der Waals surface area contributed by atoms with E-state index in [0.29, 0.717) is 12.5 Å². The van der Waals surface area contributed by atoms with Crippen molar-refractivity contribution in [2.24, 2.45) is 11.8 Å². The Labute approximate surface area is 150 Å². The van der Waals surface area contributed by atoms with Crippen LogP contribution in [0.25, 0.3) is 5.65 Å². The normalized spacial score (nSPS) is 15.4. The van der Waals surface area contributed by atoms with Crippen LogP contribution in [0.3, 0.4) is 0 Å². The van der Waals surface area contributed by atoms with Gasteiger partial charge in [0.05, 0.1) is 12.2 Å². The molecule has 0 aliphatic carbocycles. The van der Waals surface area contributed by atoms with E-state index in [0.717, 1.165) is 28.9 Å². The molecule has 3 heterocycles. The number of hydrogen-bond acceptors (Lipinski definition) is 3. The Bertz CT molecular complexity index is 645. The predicted molar refractivity (Wildman–Crippen MR) is 94.8 cm³/mol. The summed E-state index contributed by atoms with van der Waals surface area (Å²) in [4.78, 5) is 16.5. The second kappa shape index (κ2) is 8.15. The van der Waals surface area contributed by atoms with Gasteiger partial charge in [-0.15, -0.1) is 24.8 Å². The molecular weight excluding hydrogens is 391 g/mol. The first-order valence-corrected chi connectivity index (χ1v) is 7.54. The molecule has 1 unspecified atom stereocenters. The van der Waals surface area contributed by atoms with Crippen molar-refractivity contribution in [3.63, 3.8) is 0 Å². The predicted octanol–water partition coefficient (Wildman–Crippen LogP) is 2.41. The summed E-state index contributed by atoms with van der Waals surface area (Å²) in [7, 11) is 0. The molecule has 2 aromatic rings. The van der Waals surface area contributed by atoms with Crippen molar-refractivity contribution >= 4 is 52.3 Å². The lowest BCUT2D eigenvalue weighted by molar-refractivity contribution is -0.126. The maximum Gasteiger partial charge on any atom is 0.223 e. The van der Waals surface area contributed by atoms with Gasteiger partial charge in [-0.25, -0.2) is 4.98 Å². The lowest BCUT2D eigenvalue weighted by Gasteiger charge is -2.31. The van der Waals surface area contributed by atoms with Crippen LogP contribution in [0.5, 0.6) is 0 Å². The average molecular weight is 410 g/mol. The maximum absolute atomic E-state index is 12.0. The van der Waals surface area contributed by atoms with E-state index in [-0.39, 0.29) is 36.6 Å². The Kier molecular flexibility index (Phi) is 7.12. The summed E-state index contributed by atoms with van der Waals surface area (Å²) in [5.41, 5.74) is 1.75. The molecule has 1 aliphatic heterocycles. The first-order valence-electron chi connectivity index (χ1n) is 6.75. The molecule has 0 radical (unpaired) electrons. The van der Waals surface area contributed by atoms with Crippen molar-refractivity contribution in [2.45, 2.75) is 13.5 Å². The number of pyridine rings is 1. The van der Waals surface area contributed by atoms with Crippen LogP contribution >= 0.6 is 40.7 Å². The summed E-state index contributed by atoms with van der Waals surface area (Å²) in [5, 5.41) is 6.16. The van der Waals surface area contributed by atoms with E-state index in [9.17, 15) is 4.79 Å². The van der Waals surface area contributed by atoms with Gasteiger partial charge in [0.25, 0.3) is 0 Å². The summed E-state index contributed by atoms with van der Waals surface area (Å²) < 4.78 is 2.95. The molecule has 1 aliphatic rings. The number of nitrogens with zero attached hydrogens (tertiary/aromatic N) is 2. The Hall–Kier alpha value is -0.820. The van der Waals surface area contributed by atoms with Gasteiger partial charge in [0.15, 0.2) is 0 Å². The second-order valence-corrected chi connectivity index (χ2v) is 6.19. The highest BCUT2D eigenvalue weighted by Crippen LogP contribution is 2.16. The zero-order valence-corrected chi connectivity index (χ0v) is 15.3. The van der Waals surface area contributed by atoms with Crippen LogP contribution in [-0.2, 0) is 11.3 Å². The number of fused-ring (bicyclic) bond motifs is 1. The number of carbonyl (C=O) groups excluding carboxylic acids is 1. The van der Waals surface area contributed by atoms with Gasteiger partial charge in [0.1, 0.15) is 5.65 Å². The first kappa shape index (κ1) is 19.2. The minimum Gasteiger partial charge on any atom is -0.350 e. The third-order valence-electron chi connectivity index (χ3n) is 3.84. The fraction of sp³-hybridized carbons (Fsp3) is 0.429. The maximum atomic E-state index is 12.0. The molecule has 1 saturated heterocycles. The highest BCUT2D eigenvalue weighted by molar-refractivity contribution is 9.10. The number of aromatic nitrogens is 2. The molecule has 1 fully saturated rings. The molecule has 0 aromatic carbocycles. The SMILES string of the molecule is CC(C(=O)NCc1cn2cc(Br)ccc2n1)C1CNC1.Cl.Cl. The van der Waals surface area contributed by atoms with Gasteiger partial charge in [-0.2, -0.15) is 0 Å². The van der Waals surface area contributed by atoms with E-state index in [4.69, 9.17) is 0 Å². The monoisotopic (exact) mass is 408 g/mol. The molecule has 0 saturated carbocycles. The Balaban J connectivity index is 0.00000121. The number of nitrogens with one attached hydrogen (secondary N) is 2. The largest absolute Gasteiger partial charge is 0.350 e. The molecule has 0 spiro atoms. The molecule has 8 heteroatoms. The average Bonchev–Trinajstić information content (AvgIpc) is 2.75. The molecule has 22 heavy (non-hydrogen) atoms. The number of halogens is 3. The highest BCUT2D eigenvalue weighted by Gasteiger charge is 2.28. The van der Waals surface area contributed by atoms with Crippen molar-refractivity contribution in [2.75, 3.05) is 13.1 Å². The molecule has 2 aromatic heterocycles. The van der Waals surface area contributed by atoms with Crippen molar-refractivity contribution < 1.29 is 4.79 Å². The smallest absolute Gasteiger partial charge is 0.223 e. The standard InChI is InChI=1S/C14H17BrN4O.2ClH/c1-9(10-4-16-5-10)14(20)17-6-12-8-19-7-11(15)2-3-13(19)18-12;;/h2-3,7-10,16H,4-6H2,1H3,(H,17,20);2*1H. The fourth-order valence-corrected chi connectivity index (χ4v) is 2.67. The fourth-order valence-electron chi connectivity index (χ4n) is 2.32. The summed E-state index contributed by atoms with van der Waals surface area (Å²) in [6.45, 7) is 4.35. The van der Waals surface area contributed by atoms with Crippen LogP contribution in [0.4, 0.5) is 0 Å². The van der Waals surface area contributed by atoms with Gasteiger partial charge >= 0.3 is 0 Å². The number of hydrogen-bond donors (Lipinski definition) is 2. The summed E-state index contributed by atoms with van der Waals surface area (Å²) in [6, 6.07) is 3.90. The number of amides is 1. The third kappa shape index (κ3) is 4.13. The summed E-state index contributed by atoms with van der Waals surface area (Å²) in [5.74, 6) is 0.629. The van der Waals surface area contributed by atoms with E-state index in [1.54, 1.807) is 0 Å². The molecule has 122 valence electrons. The van der Waals surface area contributed by atoms with Crippen LogP contribution < -0.4 is 10.6 Å². The Morgan fingerprint density at radius 2 is 2.18 bits per heavy atom. The van der Waals surface area contributed by atoms with Crippen molar-refractivity contribution in [3.05, 3.63) is 34.7 Å². The lowest BCUT2D eigenvalue weighted by atomic mass is 9.88. The minimum atomic E-state index is 0. The number of imidazole rings is 1. The minimum absolute atomic E-state index is 0. The topological polar surface area (TPSA) is 58.4 Å². The van der Waals surface area contributed by atoms with Crippen molar-refractivity contribution in [3.8, 4) is 0 Å². The Morgan fingerprint density at radius 1 is 1.45 bits per heavy atom. The van der Waals surface area contributed by atoms with Gasteiger partial charge in [-0.05, 0) is 47.1 Å². The van der Waals surface area contributed by atoms with Crippen molar-refractivity contribution in [1.82, 2.24) is 20.0 Å². The van der Waals surface area contributed by atoms with E-state index in [2.05, 4.69) is 31.5 Å². The van der Waals surface area contributed by atoms with Crippen LogP contribution in [0.15, 0.2) is 29.0 Å². The van der Waals surface area contributed by atoms with E-state index < -0.39 is 0 Å². The van der Waals surface area contributed by atoms with E-state index in [1.807, 2.05) is 35.9 Å². The second-order valence-electron chi connectivity index (χ2n) is 5.27. The molecule has 1 atom stereocenters. The zero-order chi connectivity index (χ0) is 14.1. The molecule has 0 bridgehead atoms. The van der Waals surface area contributed by atoms with Crippen LogP contribution in [-0.4, -0.2) is 28.4 Å². The molecule has 2 N–H and O–H groups in total. The van der Waals surface area contributed by atoms with Gasteiger partial charge in [-0.1, -0.05) is 6.92 Å². The van der Waals surface area contributed by atoms with Crippen LogP contribution in [0.1, 0.15) is 12.6 Å². The third-order valence-corrected chi connectivity index (χ3v) is 4.31. The van der Waals surface area contributed by atoms with Gasteiger partial charge in [-0.3, -0.25) is 4.79 Å². The summed E-state index contributed by atoms with van der Waals surface area (Å²) >= 11 is 3.43. The molecule has 5 nitrogen and oxygen atoms in total. The quantitative estimate of drug-likeness (QED) is 0.815. The van der Waals surface area contributed by atoms with Gasteiger partial charge in [0.2, 0.25) is 5.91 Å². The van der Waals surface area contributed by atoms with Crippen molar-refractivity contribution in [1.29, 1.82) is 0 Å². The summed E-state index contributed by atoms with van der Waals surface area (Å²) in [6.07, 6.45) is 3.90. The number of carbonyl (C=O) groups is 1. The zero-order valence-electron chi connectivity index (χ0n) is 12.1.